The van der Waals surface area contributed by atoms with Gasteiger partial charge in [0, 0.05) is 6.42 Å². The number of carbonyl (C=O) groups is 2. The largest absolute Gasteiger partial charge is 0.477 e. The topological polar surface area (TPSA) is 70.0 Å². The molecule has 17 heavy (non-hydrogen) atoms. The van der Waals surface area contributed by atoms with Crippen LogP contribution in [0, 0.1) is 0 Å². The molecule has 1 heterocycles. The SMILES string of the molecule is CC(=O)[C@@H]1CC(C(=O)O)=NN1c1ccccc1. The summed E-state index contributed by atoms with van der Waals surface area (Å²) < 4.78 is 0. The molecule has 0 saturated heterocycles. The van der Waals surface area contributed by atoms with Gasteiger partial charge in [0.25, 0.3) is 0 Å². The van der Waals surface area contributed by atoms with Gasteiger partial charge in [-0.05, 0) is 19.1 Å². The fourth-order valence-corrected chi connectivity index (χ4v) is 1.77. The lowest BCUT2D eigenvalue weighted by Gasteiger charge is -2.20. The number of carbonyl (C=O) groups excluding carboxylic acids is 1. The van der Waals surface area contributed by atoms with Crippen LogP contribution in [-0.4, -0.2) is 28.6 Å². The van der Waals surface area contributed by atoms with Crippen LogP contribution < -0.4 is 5.01 Å². The summed E-state index contributed by atoms with van der Waals surface area (Å²) in [5, 5.41) is 14.4. The summed E-state index contributed by atoms with van der Waals surface area (Å²) in [6.45, 7) is 1.45. The van der Waals surface area contributed by atoms with Crippen molar-refractivity contribution in [3.63, 3.8) is 0 Å². The van der Waals surface area contributed by atoms with Crippen molar-refractivity contribution in [2.24, 2.45) is 5.10 Å². The molecule has 0 aromatic heterocycles. The third-order valence-electron chi connectivity index (χ3n) is 2.65. The maximum atomic E-state index is 11.5. The first-order valence-electron chi connectivity index (χ1n) is 5.25. The first-order valence-corrected chi connectivity index (χ1v) is 5.25. The van der Waals surface area contributed by atoms with Gasteiger partial charge in [0.05, 0.1) is 5.69 Å². The lowest BCUT2D eigenvalue weighted by molar-refractivity contribution is -0.129. The highest BCUT2D eigenvalue weighted by Crippen LogP contribution is 2.24. The van der Waals surface area contributed by atoms with E-state index in [2.05, 4.69) is 5.10 Å². The minimum Gasteiger partial charge on any atom is -0.477 e. The van der Waals surface area contributed by atoms with Crippen LogP contribution in [0.25, 0.3) is 0 Å². The number of ketones is 1. The normalized spacial score (nSPS) is 19.0. The van der Waals surface area contributed by atoms with E-state index in [1.54, 1.807) is 12.1 Å². The van der Waals surface area contributed by atoms with E-state index in [9.17, 15) is 9.59 Å². The van der Waals surface area contributed by atoms with Gasteiger partial charge in [-0.3, -0.25) is 9.80 Å². The van der Waals surface area contributed by atoms with Gasteiger partial charge in [0.15, 0.2) is 5.78 Å². The van der Waals surface area contributed by atoms with Gasteiger partial charge in [-0.2, -0.15) is 5.10 Å². The van der Waals surface area contributed by atoms with E-state index in [1.165, 1.54) is 11.9 Å². The van der Waals surface area contributed by atoms with E-state index < -0.39 is 12.0 Å². The zero-order valence-electron chi connectivity index (χ0n) is 9.33. The molecule has 0 radical (unpaired) electrons. The molecule has 1 aromatic carbocycles. The third-order valence-corrected chi connectivity index (χ3v) is 2.65. The number of Topliss-reactive ketones (excluding diaryl/α,β-unsaturated/α-hetero) is 1. The molecule has 0 spiro atoms. The van der Waals surface area contributed by atoms with Gasteiger partial charge in [-0.25, -0.2) is 4.79 Å². The molecule has 0 unspecified atom stereocenters. The minimum atomic E-state index is -1.07. The Morgan fingerprint density at radius 2 is 2.00 bits per heavy atom. The molecule has 0 fully saturated rings. The maximum Gasteiger partial charge on any atom is 0.352 e. The number of aliphatic carboxylic acids is 1. The molecule has 0 bridgehead atoms. The zero-order chi connectivity index (χ0) is 12.4. The van der Waals surface area contributed by atoms with Crippen LogP contribution in [0.5, 0.6) is 0 Å². The Morgan fingerprint density at radius 3 is 2.53 bits per heavy atom. The Bertz CT molecular complexity index is 482. The molecular weight excluding hydrogens is 220 g/mol. The third kappa shape index (κ3) is 2.18. The van der Waals surface area contributed by atoms with Crippen LogP contribution in [0.4, 0.5) is 5.69 Å². The average molecular weight is 232 g/mol. The fourth-order valence-electron chi connectivity index (χ4n) is 1.77. The molecule has 2 rings (SSSR count). The summed E-state index contributed by atoms with van der Waals surface area (Å²) in [4.78, 5) is 22.4. The van der Waals surface area contributed by atoms with Gasteiger partial charge in [0.1, 0.15) is 11.8 Å². The van der Waals surface area contributed by atoms with Crippen molar-refractivity contribution in [2.75, 3.05) is 5.01 Å². The van der Waals surface area contributed by atoms with Crippen molar-refractivity contribution in [3.05, 3.63) is 30.3 Å². The summed E-state index contributed by atoms with van der Waals surface area (Å²) in [7, 11) is 0. The number of hydrogen-bond donors (Lipinski definition) is 1. The van der Waals surface area contributed by atoms with E-state index in [0.29, 0.717) is 0 Å². The van der Waals surface area contributed by atoms with E-state index in [-0.39, 0.29) is 17.9 Å². The Morgan fingerprint density at radius 1 is 1.35 bits per heavy atom. The molecule has 5 nitrogen and oxygen atoms in total. The first kappa shape index (κ1) is 11.3. The van der Waals surface area contributed by atoms with Gasteiger partial charge < -0.3 is 5.11 Å². The van der Waals surface area contributed by atoms with Crippen molar-refractivity contribution < 1.29 is 14.7 Å². The number of anilines is 1. The summed E-state index contributed by atoms with van der Waals surface area (Å²) in [6, 6.07) is 8.57. The quantitative estimate of drug-likeness (QED) is 0.852. The van der Waals surface area contributed by atoms with Crippen molar-refractivity contribution in [3.8, 4) is 0 Å². The second kappa shape index (κ2) is 4.37. The van der Waals surface area contributed by atoms with Crippen LogP contribution in [0.2, 0.25) is 0 Å². The van der Waals surface area contributed by atoms with Gasteiger partial charge in [-0.1, -0.05) is 18.2 Å². The molecule has 5 heteroatoms. The second-order valence-electron chi connectivity index (χ2n) is 3.86. The highest BCUT2D eigenvalue weighted by Gasteiger charge is 2.33. The zero-order valence-corrected chi connectivity index (χ0v) is 9.33. The maximum absolute atomic E-state index is 11.5. The number of rotatable bonds is 3. The predicted molar refractivity (Wildman–Crippen MR) is 63.1 cm³/mol. The number of carboxylic acids is 1. The van der Waals surface area contributed by atoms with Crippen molar-refractivity contribution in [2.45, 2.75) is 19.4 Å². The van der Waals surface area contributed by atoms with Gasteiger partial charge >= 0.3 is 5.97 Å². The molecule has 1 aliphatic heterocycles. The molecule has 0 aliphatic carbocycles. The van der Waals surface area contributed by atoms with Crippen molar-refractivity contribution in [1.82, 2.24) is 0 Å². The lowest BCUT2D eigenvalue weighted by atomic mass is 10.1. The van der Waals surface area contributed by atoms with Crippen LogP contribution in [0.15, 0.2) is 35.4 Å². The lowest BCUT2D eigenvalue weighted by Crippen LogP contribution is -2.32. The van der Waals surface area contributed by atoms with E-state index in [1.807, 2.05) is 18.2 Å². The molecule has 1 aromatic rings. The Balaban J connectivity index is 2.35. The highest BCUT2D eigenvalue weighted by atomic mass is 16.4. The summed E-state index contributed by atoms with van der Waals surface area (Å²) >= 11 is 0. The molecule has 88 valence electrons. The standard InChI is InChI=1S/C12H12N2O3/c1-8(15)11-7-10(12(16)17)13-14(11)9-5-3-2-4-6-9/h2-6,11H,7H2,1H3,(H,16,17)/t11-/m0/s1. The van der Waals surface area contributed by atoms with Gasteiger partial charge in [-0.15, -0.1) is 0 Å². The van der Waals surface area contributed by atoms with E-state index in [0.717, 1.165) is 5.69 Å². The van der Waals surface area contributed by atoms with Crippen LogP contribution in [-0.2, 0) is 9.59 Å². The highest BCUT2D eigenvalue weighted by molar-refractivity contribution is 6.37. The molecule has 0 amide bonds. The summed E-state index contributed by atoms with van der Waals surface area (Å²) in [5.74, 6) is -1.16. The number of nitrogens with zero attached hydrogens (tertiary/aromatic N) is 2. The van der Waals surface area contributed by atoms with Crippen molar-refractivity contribution >= 4 is 23.2 Å². The van der Waals surface area contributed by atoms with Crippen LogP contribution in [0.1, 0.15) is 13.3 Å². The van der Waals surface area contributed by atoms with E-state index in [4.69, 9.17) is 5.11 Å². The number of carboxylic acid groups (broad SMARTS) is 1. The summed E-state index contributed by atoms with van der Waals surface area (Å²) in [6.07, 6.45) is 0.152. The van der Waals surface area contributed by atoms with E-state index >= 15 is 0 Å². The Kier molecular flexibility index (Phi) is 2.91. The molecule has 0 saturated carbocycles. The summed E-state index contributed by atoms with van der Waals surface area (Å²) in [5.41, 5.74) is 0.748. The molecule has 1 aliphatic rings. The first-order chi connectivity index (χ1) is 8.09. The second-order valence-corrected chi connectivity index (χ2v) is 3.86. The van der Waals surface area contributed by atoms with Crippen molar-refractivity contribution in [1.29, 1.82) is 0 Å². The van der Waals surface area contributed by atoms with Crippen LogP contribution >= 0.6 is 0 Å². The smallest absolute Gasteiger partial charge is 0.352 e. The average Bonchev–Trinajstić information content (AvgIpc) is 2.75. The van der Waals surface area contributed by atoms with Gasteiger partial charge in [0.2, 0.25) is 0 Å². The number of para-hydroxylation sites is 1. The predicted octanol–water partition coefficient (Wildman–Crippen LogP) is 1.29. The minimum absolute atomic E-state index is 0.0223. The number of benzene rings is 1. The number of hydrogen-bond acceptors (Lipinski definition) is 4. The Hall–Kier alpha value is -2.17. The monoisotopic (exact) mass is 232 g/mol. The Labute approximate surface area is 98.4 Å². The molecule has 1 atom stereocenters. The fraction of sp³-hybridized carbons (Fsp3) is 0.250. The molecular formula is C12H12N2O3. The van der Waals surface area contributed by atoms with Crippen LogP contribution in [0.3, 0.4) is 0 Å². The number of hydrazone groups is 1. The molecule has 1 N–H and O–H groups in total.